The Morgan fingerprint density at radius 2 is 2.19 bits per heavy atom. The molecule has 0 saturated carbocycles. The van der Waals surface area contributed by atoms with E-state index in [2.05, 4.69) is 10.0 Å². The van der Waals surface area contributed by atoms with Gasteiger partial charge in [-0.2, -0.15) is 0 Å². The number of rotatable bonds is 3. The van der Waals surface area contributed by atoms with Gasteiger partial charge in [0, 0.05) is 12.2 Å². The summed E-state index contributed by atoms with van der Waals surface area (Å²) in [6, 6.07) is 5.75. The Kier molecular flexibility index (Phi) is 3.16. The van der Waals surface area contributed by atoms with Crippen LogP contribution >= 0.6 is 0 Å². The molecule has 1 aliphatic heterocycles. The zero-order chi connectivity index (χ0) is 11.6. The first-order valence-electron chi connectivity index (χ1n) is 5.44. The molecule has 0 aromatic heterocycles. The molecule has 0 saturated heterocycles. The molecule has 1 aromatic carbocycles. The Balaban J connectivity index is 2.24. The van der Waals surface area contributed by atoms with Gasteiger partial charge in [-0.05, 0) is 43.1 Å². The van der Waals surface area contributed by atoms with Gasteiger partial charge >= 0.3 is 0 Å². The predicted octanol–water partition coefficient (Wildman–Crippen LogP) is 1.09. The van der Waals surface area contributed by atoms with E-state index in [0.717, 1.165) is 19.5 Å². The van der Waals surface area contributed by atoms with Crippen LogP contribution in [0.1, 0.15) is 18.1 Å². The van der Waals surface area contributed by atoms with Crippen LogP contribution in [0.2, 0.25) is 0 Å². The van der Waals surface area contributed by atoms with Crippen molar-refractivity contribution in [2.24, 2.45) is 0 Å². The number of hydrogen-bond donors (Lipinski definition) is 2. The van der Waals surface area contributed by atoms with Crippen molar-refractivity contribution in [3.8, 4) is 0 Å². The average molecular weight is 240 g/mol. The Bertz CT molecular complexity index is 483. The standard InChI is InChI=1S/C11H16N2O2S/c1-2-16(14,15)13-11-4-3-9-5-6-12-8-10(9)7-11/h3-4,7,12-13H,2,5-6,8H2,1H3. The van der Waals surface area contributed by atoms with Crippen LogP contribution in [-0.2, 0) is 23.0 Å². The molecule has 1 aromatic rings. The Morgan fingerprint density at radius 1 is 1.38 bits per heavy atom. The highest BCUT2D eigenvalue weighted by Gasteiger charge is 2.11. The second kappa shape index (κ2) is 4.43. The summed E-state index contributed by atoms with van der Waals surface area (Å²) < 4.78 is 25.4. The summed E-state index contributed by atoms with van der Waals surface area (Å²) in [4.78, 5) is 0. The van der Waals surface area contributed by atoms with Crippen molar-refractivity contribution in [2.45, 2.75) is 19.9 Å². The molecule has 1 aliphatic rings. The fraction of sp³-hybridized carbons (Fsp3) is 0.455. The van der Waals surface area contributed by atoms with E-state index < -0.39 is 10.0 Å². The lowest BCUT2D eigenvalue weighted by Crippen LogP contribution is -2.24. The number of benzene rings is 1. The Labute approximate surface area is 96.1 Å². The van der Waals surface area contributed by atoms with Crippen LogP contribution in [0.5, 0.6) is 0 Å². The highest BCUT2D eigenvalue weighted by molar-refractivity contribution is 7.92. The minimum atomic E-state index is -3.17. The molecule has 5 heteroatoms. The van der Waals surface area contributed by atoms with Gasteiger partial charge < -0.3 is 5.32 Å². The molecule has 0 radical (unpaired) electrons. The molecule has 0 aliphatic carbocycles. The van der Waals surface area contributed by atoms with Gasteiger partial charge in [0.25, 0.3) is 0 Å². The predicted molar refractivity (Wildman–Crippen MR) is 64.9 cm³/mol. The molecule has 0 spiro atoms. The second-order valence-corrected chi connectivity index (χ2v) is 5.93. The molecule has 16 heavy (non-hydrogen) atoms. The van der Waals surface area contributed by atoms with Crippen LogP contribution in [0.4, 0.5) is 5.69 Å². The summed E-state index contributed by atoms with van der Waals surface area (Å²) >= 11 is 0. The third-order valence-electron chi connectivity index (χ3n) is 2.75. The summed E-state index contributed by atoms with van der Waals surface area (Å²) in [7, 11) is -3.17. The number of anilines is 1. The monoisotopic (exact) mass is 240 g/mol. The quantitative estimate of drug-likeness (QED) is 0.831. The molecule has 2 rings (SSSR count). The zero-order valence-corrected chi connectivity index (χ0v) is 10.1. The third-order valence-corrected chi connectivity index (χ3v) is 4.05. The van der Waals surface area contributed by atoms with Gasteiger partial charge in [-0.25, -0.2) is 8.42 Å². The molecule has 0 bridgehead atoms. The normalized spacial score (nSPS) is 15.6. The molecular formula is C11H16N2O2S. The van der Waals surface area contributed by atoms with Gasteiger partial charge in [-0.15, -0.1) is 0 Å². The smallest absolute Gasteiger partial charge is 0.232 e. The van der Waals surface area contributed by atoms with E-state index in [1.165, 1.54) is 11.1 Å². The lowest BCUT2D eigenvalue weighted by molar-refractivity contribution is 0.602. The maximum absolute atomic E-state index is 11.4. The molecule has 0 atom stereocenters. The molecule has 0 amide bonds. The number of nitrogens with one attached hydrogen (secondary N) is 2. The first kappa shape index (κ1) is 11.4. The van der Waals surface area contributed by atoms with Gasteiger partial charge in [0.05, 0.1) is 5.75 Å². The largest absolute Gasteiger partial charge is 0.312 e. The summed E-state index contributed by atoms with van der Waals surface area (Å²) in [6.07, 6.45) is 1.01. The van der Waals surface area contributed by atoms with Crippen LogP contribution in [0.15, 0.2) is 18.2 Å². The number of sulfonamides is 1. The fourth-order valence-corrected chi connectivity index (χ4v) is 2.43. The van der Waals surface area contributed by atoms with Crippen LogP contribution in [0.3, 0.4) is 0 Å². The van der Waals surface area contributed by atoms with Crippen molar-refractivity contribution in [2.75, 3.05) is 17.0 Å². The number of hydrogen-bond acceptors (Lipinski definition) is 3. The van der Waals surface area contributed by atoms with E-state index in [0.29, 0.717) is 5.69 Å². The number of fused-ring (bicyclic) bond motifs is 1. The molecule has 4 nitrogen and oxygen atoms in total. The van der Waals surface area contributed by atoms with Crippen LogP contribution in [0, 0.1) is 0 Å². The highest BCUT2D eigenvalue weighted by atomic mass is 32.2. The highest BCUT2D eigenvalue weighted by Crippen LogP contribution is 2.19. The van der Waals surface area contributed by atoms with Gasteiger partial charge in [-0.3, -0.25) is 4.72 Å². The van der Waals surface area contributed by atoms with Gasteiger partial charge in [-0.1, -0.05) is 6.07 Å². The van der Waals surface area contributed by atoms with Crippen molar-refractivity contribution in [3.05, 3.63) is 29.3 Å². The average Bonchev–Trinajstić information content (AvgIpc) is 2.28. The summed E-state index contributed by atoms with van der Waals surface area (Å²) in [5, 5.41) is 3.27. The van der Waals surface area contributed by atoms with Crippen molar-refractivity contribution in [3.63, 3.8) is 0 Å². The molecule has 1 heterocycles. The van der Waals surface area contributed by atoms with Crippen molar-refractivity contribution < 1.29 is 8.42 Å². The van der Waals surface area contributed by atoms with Crippen LogP contribution < -0.4 is 10.0 Å². The van der Waals surface area contributed by atoms with E-state index in [1.54, 1.807) is 6.92 Å². The second-order valence-electron chi connectivity index (χ2n) is 3.92. The van der Waals surface area contributed by atoms with Gasteiger partial charge in [0.2, 0.25) is 10.0 Å². The molecule has 0 unspecified atom stereocenters. The Morgan fingerprint density at radius 3 is 2.94 bits per heavy atom. The van der Waals surface area contributed by atoms with E-state index in [-0.39, 0.29) is 5.75 Å². The van der Waals surface area contributed by atoms with E-state index >= 15 is 0 Å². The van der Waals surface area contributed by atoms with Gasteiger partial charge in [0.15, 0.2) is 0 Å². The third kappa shape index (κ3) is 2.54. The maximum atomic E-state index is 11.4. The van der Waals surface area contributed by atoms with Crippen molar-refractivity contribution >= 4 is 15.7 Å². The lowest BCUT2D eigenvalue weighted by Gasteiger charge is -2.18. The molecular weight excluding hydrogens is 224 g/mol. The minimum Gasteiger partial charge on any atom is -0.312 e. The van der Waals surface area contributed by atoms with Crippen molar-refractivity contribution in [1.29, 1.82) is 0 Å². The van der Waals surface area contributed by atoms with E-state index in [1.807, 2.05) is 18.2 Å². The summed E-state index contributed by atoms with van der Waals surface area (Å²) in [5.41, 5.74) is 3.14. The maximum Gasteiger partial charge on any atom is 0.232 e. The zero-order valence-electron chi connectivity index (χ0n) is 9.29. The fourth-order valence-electron chi connectivity index (χ4n) is 1.80. The summed E-state index contributed by atoms with van der Waals surface area (Å²) in [6.45, 7) is 3.44. The topological polar surface area (TPSA) is 58.2 Å². The SMILES string of the molecule is CCS(=O)(=O)Nc1ccc2c(c1)CNCC2. The van der Waals surface area contributed by atoms with Gasteiger partial charge in [0.1, 0.15) is 0 Å². The Hall–Kier alpha value is -1.07. The molecule has 2 N–H and O–H groups in total. The molecule has 0 fully saturated rings. The van der Waals surface area contributed by atoms with Crippen molar-refractivity contribution in [1.82, 2.24) is 5.32 Å². The van der Waals surface area contributed by atoms with Crippen LogP contribution in [-0.4, -0.2) is 20.7 Å². The first-order valence-corrected chi connectivity index (χ1v) is 7.09. The molecule has 88 valence electrons. The van der Waals surface area contributed by atoms with Crippen LogP contribution in [0.25, 0.3) is 0 Å². The summed E-state index contributed by atoms with van der Waals surface area (Å²) in [5.74, 6) is 0.0995. The van der Waals surface area contributed by atoms with E-state index in [9.17, 15) is 8.42 Å². The minimum absolute atomic E-state index is 0.0995. The first-order chi connectivity index (χ1) is 7.61. The lowest BCUT2D eigenvalue weighted by atomic mass is 10.0. The van der Waals surface area contributed by atoms with E-state index in [4.69, 9.17) is 0 Å².